The van der Waals surface area contributed by atoms with Crippen LogP contribution in [0.15, 0.2) is 42.5 Å². The molecule has 0 heterocycles. The Kier molecular flexibility index (Phi) is 7.86. The van der Waals surface area contributed by atoms with Crippen molar-refractivity contribution in [1.82, 2.24) is 0 Å². The van der Waals surface area contributed by atoms with Gasteiger partial charge in [0.15, 0.2) is 0 Å². The quantitative estimate of drug-likeness (QED) is 0.440. The van der Waals surface area contributed by atoms with Crippen molar-refractivity contribution in [1.29, 1.82) is 0 Å². The second-order valence-corrected chi connectivity index (χ2v) is 16.1. The van der Waals surface area contributed by atoms with Gasteiger partial charge in [0.25, 0.3) is 0 Å². The van der Waals surface area contributed by atoms with E-state index in [4.69, 9.17) is 3.07 Å². The van der Waals surface area contributed by atoms with E-state index in [2.05, 4.69) is 13.5 Å². The second-order valence-electron chi connectivity index (χ2n) is 5.71. The van der Waals surface area contributed by atoms with Crippen molar-refractivity contribution in [2.45, 2.75) is 48.9 Å². The molecule has 22 heavy (non-hydrogen) atoms. The molecule has 0 saturated heterocycles. The van der Waals surface area contributed by atoms with Gasteiger partial charge in [-0.2, -0.15) is 0 Å². The molecule has 0 aliphatic heterocycles. The van der Waals surface area contributed by atoms with Crippen molar-refractivity contribution in [2.75, 3.05) is 0 Å². The van der Waals surface area contributed by atoms with Crippen LogP contribution in [0.3, 0.4) is 0 Å². The van der Waals surface area contributed by atoms with Crippen LogP contribution in [0.4, 0.5) is 0 Å². The summed E-state index contributed by atoms with van der Waals surface area (Å²) in [6.45, 7) is 9.44. The van der Waals surface area contributed by atoms with Gasteiger partial charge in [-0.05, 0) is 0 Å². The average molecular weight is 409 g/mol. The molecule has 1 atom stereocenters. The van der Waals surface area contributed by atoms with Gasteiger partial charge in [-0.1, -0.05) is 0 Å². The topological polar surface area (TPSA) is 43.4 Å². The van der Waals surface area contributed by atoms with Gasteiger partial charge >= 0.3 is 138 Å². The van der Waals surface area contributed by atoms with Crippen LogP contribution in [0.25, 0.3) is 0 Å². The molecule has 0 radical (unpaired) electrons. The van der Waals surface area contributed by atoms with Crippen LogP contribution < -0.4 is 0 Å². The number of hydrogen-bond donors (Lipinski definition) is 0. The zero-order valence-corrected chi connectivity index (χ0v) is 16.7. The number of carbonyl (C=O) groups excluding carboxylic acids is 2. The van der Waals surface area contributed by atoms with E-state index < -0.39 is 24.8 Å². The van der Waals surface area contributed by atoms with Crippen LogP contribution in [0.1, 0.15) is 50.4 Å². The Morgan fingerprint density at radius 3 is 2.23 bits per heavy atom. The molecule has 1 rings (SSSR count). The van der Waals surface area contributed by atoms with Gasteiger partial charge in [0, 0.05) is 0 Å². The summed E-state index contributed by atoms with van der Waals surface area (Å²) in [7, 11) is 0. The Hall–Kier alpha value is -1.10. The summed E-state index contributed by atoms with van der Waals surface area (Å²) in [5.41, 5.74) is 1.05. The van der Waals surface area contributed by atoms with Crippen molar-refractivity contribution in [2.24, 2.45) is 0 Å². The first-order chi connectivity index (χ1) is 10.5. The monoisotopic (exact) mass is 410 g/mol. The predicted octanol–water partition coefficient (Wildman–Crippen LogP) is 4.68. The Labute approximate surface area is 138 Å². The molecule has 0 saturated carbocycles. The first-order valence-corrected chi connectivity index (χ1v) is 14.6. The normalized spacial score (nSPS) is 13.2. The van der Waals surface area contributed by atoms with E-state index in [0.717, 1.165) is 28.1 Å². The zero-order chi connectivity index (χ0) is 16.6. The van der Waals surface area contributed by atoms with E-state index in [1.807, 2.05) is 37.3 Å². The van der Waals surface area contributed by atoms with Crippen LogP contribution in [-0.2, 0) is 7.87 Å². The minimum atomic E-state index is -3.73. The Bertz CT molecular complexity index is 524. The summed E-state index contributed by atoms with van der Waals surface area (Å²) in [5.74, 6) is -0.398. The first kappa shape index (κ1) is 18.9. The van der Waals surface area contributed by atoms with E-state index in [9.17, 15) is 9.59 Å². The molecule has 0 amide bonds. The molecule has 1 aromatic carbocycles. The standard InChI is InChI=1S/C7H5O.C4H6O2.C4H9.C3H7.Sn/c8-6-7-4-2-1-3-5-7;1-3(2)4(5)6;1-3-4-2;1-3-2;/h1-5H;1H2,2H3,(H,5,6);1,3-4H2,2H3;1,3H2,2H3;/q;;;;+1/p-1. The number of carbonyl (C=O) groups is 2. The van der Waals surface area contributed by atoms with Crippen molar-refractivity contribution < 1.29 is 12.7 Å². The Balaban J connectivity index is 3.18. The fraction of sp³-hybridized carbons (Fsp3) is 0.444. The van der Waals surface area contributed by atoms with E-state index in [0.29, 0.717) is 11.1 Å². The number of benzene rings is 1. The van der Waals surface area contributed by atoms with Crippen molar-refractivity contribution in [3.63, 3.8) is 0 Å². The third-order valence-electron chi connectivity index (χ3n) is 3.67. The molecule has 0 fully saturated rings. The second kappa shape index (κ2) is 9.13. The van der Waals surface area contributed by atoms with Gasteiger partial charge in [-0.15, -0.1) is 0 Å². The fourth-order valence-electron chi connectivity index (χ4n) is 2.48. The van der Waals surface area contributed by atoms with Crippen LogP contribution in [0.5, 0.6) is 0 Å². The van der Waals surface area contributed by atoms with Crippen LogP contribution in [-0.4, -0.2) is 28.6 Å². The maximum absolute atomic E-state index is 13.1. The van der Waals surface area contributed by atoms with Crippen molar-refractivity contribution in [3.8, 4) is 0 Å². The zero-order valence-electron chi connectivity index (χ0n) is 13.9. The molecular weight excluding hydrogens is 383 g/mol. The van der Waals surface area contributed by atoms with E-state index in [1.165, 1.54) is 0 Å². The molecule has 0 N–H and O–H groups in total. The summed E-state index contributed by atoms with van der Waals surface area (Å²) in [5, 5.41) is 0. The van der Waals surface area contributed by atoms with Gasteiger partial charge in [0.1, 0.15) is 0 Å². The minimum absolute atomic E-state index is 0.0970. The van der Waals surface area contributed by atoms with Gasteiger partial charge in [0.2, 0.25) is 0 Å². The molecule has 120 valence electrons. The molecule has 0 spiro atoms. The summed E-state index contributed by atoms with van der Waals surface area (Å²) in [4.78, 5) is 25.2. The number of unbranched alkanes of at least 4 members (excludes halogenated alkanes) is 1. The van der Waals surface area contributed by atoms with E-state index in [1.54, 1.807) is 6.92 Å². The van der Waals surface area contributed by atoms with E-state index >= 15 is 0 Å². The SMILES string of the molecule is C=C(C)C(=O)[O][Sn]([CH2]CC)([CH2]CCC)[C](=O)c1ccccc1. The van der Waals surface area contributed by atoms with Gasteiger partial charge < -0.3 is 0 Å². The first-order valence-electron chi connectivity index (χ1n) is 7.95. The summed E-state index contributed by atoms with van der Waals surface area (Å²) < 4.78 is 7.47. The number of hydrogen-bond acceptors (Lipinski definition) is 3. The molecule has 1 unspecified atom stereocenters. The predicted molar refractivity (Wildman–Crippen MR) is 92.2 cm³/mol. The van der Waals surface area contributed by atoms with Crippen LogP contribution in [0.2, 0.25) is 8.87 Å². The maximum atomic E-state index is 13.1. The third-order valence-corrected chi connectivity index (χ3v) is 15.6. The summed E-state index contributed by atoms with van der Waals surface area (Å²) in [6, 6.07) is 9.25. The molecule has 1 aromatic rings. The Morgan fingerprint density at radius 1 is 1.09 bits per heavy atom. The molecule has 4 heteroatoms. The number of rotatable bonds is 9. The van der Waals surface area contributed by atoms with Crippen molar-refractivity contribution in [3.05, 3.63) is 48.0 Å². The molecule has 0 aliphatic carbocycles. The summed E-state index contributed by atoms with van der Waals surface area (Å²) in [6.07, 6.45) is 2.79. The molecule has 0 aliphatic rings. The van der Waals surface area contributed by atoms with Crippen molar-refractivity contribution >= 4 is 28.6 Å². The van der Waals surface area contributed by atoms with Crippen LogP contribution in [0, 0.1) is 0 Å². The van der Waals surface area contributed by atoms with E-state index in [-0.39, 0.29) is 3.80 Å². The molecule has 3 nitrogen and oxygen atoms in total. The molecule has 0 bridgehead atoms. The average Bonchev–Trinajstić information content (AvgIpc) is 2.52. The molecular formula is C18H26O3Sn. The Morgan fingerprint density at radius 2 is 1.73 bits per heavy atom. The van der Waals surface area contributed by atoms with Crippen LogP contribution >= 0.6 is 0 Å². The van der Waals surface area contributed by atoms with Gasteiger partial charge in [-0.3, -0.25) is 0 Å². The molecule has 0 aromatic heterocycles. The third kappa shape index (κ3) is 4.97. The van der Waals surface area contributed by atoms with Gasteiger partial charge in [-0.25, -0.2) is 0 Å². The van der Waals surface area contributed by atoms with Gasteiger partial charge in [0.05, 0.1) is 0 Å². The summed E-state index contributed by atoms with van der Waals surface area (Å²) >= 11 is -3.73. The fourth-order valence-corrected chi connectivity index (χ4v) is 13.8.